The highest BCUT2D eigenvalue weighted by atomic mass is 16.5. The summed E-state index contributed by atoms with van der Waals surface area (Å²) >= 11 is 0. The van der Waals surface area contributed by atoms with E-state index in [2.05, 4.69) is 29.1 Å². The normalized spacial score (nSPS) is 20.3. The van der Waals surface area contributed by atoms with Gasteiger partial charge in [0, 0.05) is 26.3 Å². The van der Waals surface area contributed by atoms with Gasteiger partial charge >= 0.3 is 0 Å². The first-order chi connectivity index (χ1) is 12.6. The number of likely N-dealkylation sites (N-methyl/N-ethyl adjacent to an activating group) is 2. The number of carbonyl (C=O) groups is 1. The Balaban J connectivity index is 1.74. The van der Waals surface area contributed by atoms with Gasteiger partial charge in [-0.3, -0.25) is 9.69 Å². The summed E-state index contributed by atoms with van der Waals surface area (Å²) < 4.78 is 6.01. The van der Waals surface area contributed by atoms with Gasteiger partial charge in [-0.1, -0.05) is 30.3 Å². The summed E-state index contributed by atoms with van der Waals surface area (Å²) in [6.07, 6.45) is 1.29. The topological polar surface area (TPSA) is 69.5 Å². The molecule has 1 aliphatic heterocycles. The summed E-state index contributed by atoms with van der Waals surface area (Å²) in [5, 5.41) is 8.85. The summed E-state index contributed by atoms with van der Waals surface area (Å²) in [5.74, 6) is -0.182. The van der Waals surface area contributed by atoms with Crippen molar-refractivity contribution in [3.05, 3.63) is 65.5 Å². The second kappa shape index (κ2) is 8.09. The first kappa shape index (κ1) is 18.1. The maximum atomic E-state index is 12.7. The second-order valence-electron chi connectivity index (χ2n) is 6.47. The molecule has 0 aliphatic carbocycles. The molecule has 26 heavy (non-hydrogen) atoms. The number of pyridine rings is 1. The van der Waals surface area contributed by atoms with Crippen LogP contribution >= 0.6 is 0 Å². The van der Waals surface area contributed by atoms with Gasteiger partial charge in [-0.25, -0.2) is 4.98 Å². The van der Waals surface area contributed by atoms with E-state index in [1.165, 1.54) is 11.8 Å². The van der Waals surface area contributed by atoms with Crippen molar-refractivity contribution in [3.8, 4) is 6.07 Å². The Kier molecular flexibility index (Phi) is 5.61. The van der Waals surface area contributed by atoms with E-state index in [0.717, 1.165) is 6.54 Å². The summed E-state index contributed by atoms with van der Waals surface area (Å²) in [6.45, 7) is 1.96. The van der Waals surface area contributed by atoms with Gasteiger partial charge in [0.15, 0.2) is 0 Å². The highest BCUT2D eigenvalue weighted by Crippen LogP contribution is 2.28. The van der Waals surface area contributed by atoms with E-state index in [9.17, 15) is 4.79 Å². The van der Waals surface area contributed by atoms with Crippen molar-refractivity contribution in [1.82, 2.24) is 14.8 Å². The molecule has 0 bridgehead atoms. The largest absolute Gasteiger partial charge is 0.373 e. The lowest BCUT2D eigenvalue weighted by molar-refractivity contribution is -0.0708. The third-order valence-corrected chi connectivity index (χ3v) is 4.66. The molecule has 3 rings (SSSR count). The minimum Gasteiger partial charge on any atom is -0.373 e. The maximum Gasteiger partial charge on any atom is 0.272 e. The molecule has 6 nitrogen and oxygen atoms in total. The molecular weight excluding hydrogens is 328 g/mol. The van der Waals surface area contributed by atoms with Crippen LogP contribution in [0.15, 0.2) is 48.7 Å². The monoisotopic (exact) mass is 350 g/mol. The predicted octanol–water partition coefficient (Wildman–Crippen LogP) is 2.10. The minimum atomic E-state index is -0.182. The number of ether oxygens (including phenoxy) is 1. The fourth-order valence-corrected chi connectivity index (χ4v) is 3.27. The van der Waals surface area contributed by atoms with Crippen LogP contribution in [-0.4, -0.2) is 60.6 Å². The smallest absolute Gasteiger partial charge is 0.272 e. The summed E-state index contributed by atoms with van der Waals surface area (Å²) in [7, 11) is 3.83. The van der Waals surface area contributed by atoms with Gasteiger partial charge in [0.05, 0.1) is 24.3 Å². The quantitative estimate of drug-likeness (QED) is 0.845. The standard InChI is InChI=1S/C20H22N4O2/c1-23-10-11-26-18(19(23)16-6-4-3-5-7-16)14-24(2)20(25)17-9-8-15(12-21)13-22-17/h3-9,13,18-19H,10-11,14H2,1-2H3/t18-,19-/m0/s1. The van der Waals surface area contributed by atoms with Crippen LogP contribution in [0.3, 0.4) is 0 Å². The average Bonchev–Trinajstić information content (AvgIpc) is 2.68. The van der Waals surface area contributed by atoms with E-state index in [4.69, 9.17) is 10.00 Å². The third-order valence-electron chi connectivity index (χ3n) is 4.66. The molecule has 1 saturated heterocycles. The fourth-order valence-electron chi connectivity index (χ4n) is 3.27. The van der Waals surface area contributed by atoms with Crippen LogP contribution in [0.5, 0.6) is 0 Å². The zero-order valence-corrected chi connectivity index (χ0v) is 15.0. The summed E-state index contributed by atoms with van der Waals surface area (Å²) in [4.78, 5) is 20.6. The summed E-state index contributed by atoms with van der Waals surface area (Å²) in [5.41, 5.74) is 1.94. The van der Waals surface area contributed by atoms with Crippen molar-refractivity contribution in [2.75, 3.05) is 33.8 Å². The van der Waals surface area contributed by atoms with Crippen molar-refractivity contribution >= 4 is 5.91 Å². The molecule has 1 aromatic heterocycles. The maximum absolute atomic E-state index is 12.7. The molecule has 0 unspecified atom stereocenters. The molecule has 2 atom stereocenters. The lowest BCUT2D eigenvalue weighted by atomic mass is 9.98. The molecule has 2 heterocycles. The third kappa shape index (κ3) is 3.90. The Morgan fingerprint density at radius 3 is 2.77 bits per heavy atom. The van der Waals surface area contributed by atoms with Crippen LogP contribution < -0.4 is 0 Å². The Labute approximate surface area is 153 Å². The van der Waals surface area contributed by atoms with Crippen LogP contribution in [-0.2, 0) is 4.74 Å². The van der Waals surface area contributed by atoms with Crippen molar-refractivity contribution in [3.63, 3.8) is 0 Å². The number of nitriles is 1. The molecule has 1 fully saturated rings. The highest BCUT2D eigenvalue weighted by Gasteiger charge is 2.33. The Morgan fingerprint density at radius 2 is 2.12 bits per heavy atom. The Hall–Kier alpha value is -2.75. The van der Waals surface area contributed by atoms with Gasteiger partial charge in [-0.15, -0.1) is 0 Å². The number of nitrogens with zero attached hydrogens (tertiary/aromatic N) is 4. The molecule has 1 amide bonds. The van der Waals surface area contributed by atoms with Crippen LogP contribution in [0, 0.1) is 11.3 Å². The van der Waals surface area contributed by atoms with Crippen molar-refractivity contribution in [2.45, 2.75) is 12.1 Å². The van der Waals surface area contributed by atoms with Gasteiger partial charge in [0.25, 0.3) is 5.91 Å². The average molecular weight is 350 g/mol. The van der Waals surface area contributed by atoms with E-state index < -0.39 is 0 Å². The minimum absolute atomic E-state index is 0.0918. The van der Waals surface area contributed by atoms with Crippen LogP contribution in [0.2, 0.25) is 0 Å². The van der Waals surface area contributed by atoms with E-state index >= 15 is 0 Å². The molecule has 0 spiro atoms. The van der Waals surface area contributed by atoms with E-state index in [1.807, 2.05) is 24.3 Å². The number of rotatable bonds is 4. The predicted molar refractivity (Wildman–Crippen MR) is 97.5 cm³/mol. The van der Waals surface area contributed by atoms with Gasteiger partial charge in [-0.2, -0.15) is 5.26 Å². The summed E-state index contributed by atoms with van der Waals surface area (Å²) in [6, 6.07) is 15.5. The number of hydrogen-bond acceptors (Lipinski definition) is 5. The molecule has 134 valence electrons. The van der Waals surface area contributed by atoms with Crippen molar-refractivity contribution < 1.29 is 9.53 Å². The van der Waals surface area contributed by atoms with Gasteiger partial charge in [0.1, 0.15) is 11.8 Å². The van der Waals surface area contributed by atoms with Crippen LogP contribution in [0.25, 0.3) is 0 Å². The molecule has 0 radical (unpaired) electrons. The SMILES string of the molecule is CN(C[C@@H]1OCCN(C)[C@H]1c1ccccc1)C(=O)c1ccc(C#N)cn1. The molecule has 0 N–H and O–H groups in total. The first-order valence-electron chi connectivity index (χ1n) is 8.58. The van der Waals surface area contributed by atoms with Gasteiger partial charge in [0.2, 0.25) is 0 Å². The molecule has 6 heteroatoms. The number of benzene rings is 1. The van der Waals surface area contributed by atoms with Crippen molar-refractivity contribution in [2.24, 2.45) is 0 Å². The number of hydrogen-bond donors (Lipinski definition) is 0. The van der Waals surface area contributed by atoms with Crippen LogP contribution in [0.4, 0.5) is 0 Å². The lowest BCUT2D eigenvalue weighted by Gasteiger charge is -2.40. The Morgan fingerprint density at radius 1 is 1.35 bits per heavy atom. The van der Waals surface area contributed by atoms with Crippen LogP contribution in [0.1, 0.15) is 27.7 Å². The van der Waals surface area contributed by atoms with E-state index in [1.54, 1.807) is 24.1 Å². The van der Waals surface area contributed by atoms with Gasteiger partial charge < -0.3 is 9.64 Å². The first-order valence-corrected chi connectivity index (χ1v) is 8.58. The number of carbonyl (C=O) groups excluding carboxylic acids is 1. The second-order valence-corrected chi connectivity index (χ2v) is 6.47. The van der Waals surface area contributed by atoms with E-state index in [0.29, 0.717) is 24.4 Å². The van der Waals surface area contributed by atoms with Crippen molar-refractivity contribution in [1.29, 1.82) is 5.26 Å². The van der Waals surface area contributed by atoms with Gasteiger partial charge in [-0.05, 0) is 24.7 Å². The zero-order chi connectivity index (χ0) is 18.5. The molecule has 2 aromatic rings. The lowest BCUT2D eigenvalue weighted by Crippen LogP contribution is -2.48. The fraction of sp³-hybridized carbons (Fsp3) is 0.350. The Bertz CT molecular complexity index is 786. The molecule has 1 aliphatic rings. The number of morpholine rings is 1. The highest BCUT2D eigenvalue weighted by molar-refractivity contribution is 5.92. The number of amides is 1. The molecule has 0 saturated carbocycles. The number of aromatic nitrogens is 1. The zero-order valence-electron chi connectivity index (χ0n) is 15.0. The van der Waals surface area contributed by atoms with E-state index in [-0.39, 0.29) is 18.1 Å². The molecular formula is C20H22N4O2. The molecule has 1 aromatic carbocycles.